The maximum absolute atomic E-state index is 12.8. The predicted molar refractivity (Wildman–Crippen MR) is 83.4 cm³/mol. The first-order valence-corrected chi connectivity index (χ1v) is 8.55. The van der Waals surface area contributed by atoms with E-state index in [0.717, 1.165) is 5.56 Å². The Kier molecular flexibility index (Phi) is 6.01. The Morgan fingerprint density at radius 3 is 2.40 bits per heavy atom. The van der Waals surface area contributed by atoms with E-state index >= 15 is 0 Å². The van der Waals surface area contributed by atoms with Crippen LogP contribution >= 0.6 is 11.6 Å². The Hall–Kier alpha value is -0.620. The quantitative estimate of drug-likeness (QED) is 0.877. The van der Waals surface area contributed by atoms with Crippen LogP contribution < -0.4 is 5.73 Å². The van der Waals surface area contributed by atoms with Crippen molar-refractivity contribution in [1.82, 2.24) is 4.31 Å². The first-order valence-electron chi connectivity index (χ1n) is 6.73. The highest BCUT2D eigenvalue weighted by atomic mass is 35.5. The van der Waals surface area contributed by atoms with Gasteiger partial charge in [-0.3, -0.25) is 0 Å². The fourth-order valence-electron chi connectivity index (χ4n) is 2.13. The summed E-state index contributed by atoms with van der Waals surface area (Å²) in [6.07, 6.45) is 0. The summed E-state index contributed by atoms with van der Waals surface area (Å²) in [6, 6.07) is 3.23. The van der Waals surface area contributed by atoms with Gasteiger partial charge in [0, 0.05) is 24.7 Å². The summed E-state index contributed by atoms with van der Waals surface area (Å²) in [5.74, 6) is 0.262. The third kappa shape index (κ3) is 3.73. The minimum Gasteiger partial charge on any atom is -0.326 e. The maximum Gasteiger partial charge on any atom is 0.243 e. The van der Waals surface area contributed by atoms with E-state index in [1.807, 2.05) is 20.8 Å². The summed E-state index contributed by atoms with van der Waals surface area (Å²) in [5, 5.41) is 0.398. The predicted octanol–water partition coefficient (Wildman–Crippen LogP) is 2.77. The standard InChI is InChI=1S/C14H23ClN2O2S/c1-5-17(9-10(2)3)20(18,19)14-7-13(15)6-12(8-16)11(14)4/h6-7,10H,5,8-9,16H2,1-4H3. The lowest BCUT2D eigenvalue weighted by Gasteiger charge is -2.24. The third-order valence-corrected chi connectivity index (χ3v) is 5.48. The largest absolute Gasteiger partial charge is 0.326 e. The van der Waals surface area contributed by atoms with E-state index in [9.17, 15) is 8.42 Å². The SMILES string of the molecule is CCN(CC(C)C)S(=O)(=O)c1cc(Cl)cc(CN)c1C. The molecule has 2 N–H and O–H groups in total. The molecule has 0 heterocycles. The van der Waals surface area contributed by atoms with Crippen LogP contribution in [0.5, 0.6) is 0 Å². The summed E-state index contributed by atoms with van der Waals surface area (Å²) in [5.41, 5.74) is 7.09. The average molecular weight is 319 g/mol. The molecule has 0 amide bonds. The smallest absolute Gasteiger partial charge is 0.243 e. The Balaban J connectivity index is 3.37. The van der Waals surface area contributed by atoms with Crippen molar-refractivity contribution < 1.29 is 8.42 Å². The minimum atomic E-state index is -3.54. The number of sulfonamides is 1. The van der Waals surface area contributed by atoms with Gasteiger partial charge in [-0.1, -0.05) is 32.4 Å². The Morgan fingerprint density at radius 1 is 1.35 bits per heavy atom. The number of nitrogens with two attached hydrogens (primary N) is 1. The van der Waals surface area contributed by atoms with E-state index < -0.39 is 10.0 Å². The second-order valence-corrected chi connectivity index (χ2v) is 7.58. The van der Waals surface area contributed by atoms with Crippen LogP contribution in [-0.4, -0.2) is 25.8 Å². The molecule has 0 aliphatic heterocycles. The molecular formula is C14H23ClN2O2S. The molecule has 1 aromatic carbocycles. The minimum absolute atomic E-state index is 0.257. The van der Waals surface area contributed by atoms with Crippen LogP contribution in [0.4, 0.5) is 0 Å². The molecule has 0 aliphatic rings. The van der Waals surface area contributed by atoms with Crippen molar-refractivity contribution in [2.75, 3.05) is 13.1 Å². The molecule has 0 radical (unpaired) electrons. The van der Waals surface area contributed by atoms with Crippen LogP contribution in [0.1, 0.15) is 31.9 Å². The molecule has 1 aromatic rings. The van der Waals surface area contributed by atoms with Gasteiger partial charge in [-0.15, -0.1) is 0 Å². The van der Waals surface area contributed by atoms with Gasteiger partial charge in [-0.2, -0.15) is 4.31 Å². The Bertz CT molecular complexity index is 571. The van der Waals surface area contributed by atoms with Gasteiger partial charge in [0.05, 0.1) is 4.90 Å². The van der Waals surface area contributed by atoms with Crippen molar-refractivity contribution in [3.05, 3.63) is 28.3 Å². The first kappa shape index (κ1) is 17.4. The summed E-state index contributed by atoms with van der Waals surface area (Å²) in [4.78, 5) is 0.257. The lowest BCUT2D eigenvalue weighted by Crippen LogP contribution is -2.34. The van der Waals surface area contributed by atoms with Crippen LogP contribution in [0, 0.1) is 12.8 Å². The molecule has 0 atom stereocenters. The van der Waals surface area contributed by atoms with E-state index in [4.69, 9.17) is 17.3 Å². The van der Waals surface area contributed by atoms with Crippen LogP contribution in [0.15, 0.2) is 17.0 Å². The average Bonchev–Trinajstić information content (AvgIpc) is 2.37. The van der Waals surface area contributed by atoms with Gasteiger partial charge in [-0.05, 0) is 36.1 Å². The molecule has 0 saturated heterocycles. The summed E-state index contributed by atoms with van der Waals surface area (Å²) < 4.78 is 27.0. The highest BCUT2D eigenvalue weighted by Crippen LogP contribution is 2.27. The second kappa shape index (κ2) is 6.89. The van der Waals surface area contributed by atoms with Gasteiger partial charge in [0.1, 0.15) is 0 Å². The molecule has 0 spiro atoms. The van der Waals surface area contributed by atoms with Gasteiger partial charge >= 0.3 is 0 Å². The lowest BCUT2D eigenvalue weighted by atomic mass is 10.1. The van der Waals surface area contributed by atoms with Crippen molar-refractivity contribution in [2.24, 2.45) is 11.7 Å². The highest BCUT2D eigenvalue weighted by molar-refractivity contribution is 7.89. The molecule has 1 rings (SSSR count). The monoisotopic (exact) mass is 318 g/mol. The molecule has 0 unspecified atom stereocenters. The molecule has 0 saturated carbocycles. The van der Waals surface area contributed by atoms with Crippen LogP contribution in [0.3, 0.4) is 0 Å². The molecule has 20 heavy (non-hydrogen) atoms. The zero-order valence-corrected chi connectivity index (χ0v) is 14.1. The fourth-order valence-corrected chi connectivity index (χ4v) is 4.34. The molecule has 0 aliphatic carbocycles. The fraction of sp³-hybridized carbons (Fsp3) is 0.571. The van der Waals surface area contributed by atoms with Crippen LogP contribution in [0.2, 0.25) is 5.02 Å². The van der Waals surface area contributed by atoms with E-state index in [2.05, 4.69) is 0 Å². The number of halogens is 1. The van der Waals surface area contributed by atoms with Crippen LogP contribution in [0.25, 0.3) is 0 Å². The molecule has 0 fully saturated rings. The van der Waals surface area contributed by atoms with E-state index in [1.165, 1.54) is 10.4 Å². The number of hydrogen-bond donors (Lipinski definition) is 1. The normalized spacial score (nSPS) is 12.4. The summed E-state index contributed by atoms with van der Waals surface area (Å²) in [6.45, 7) is 8.79. The number of hydrogen-bond acceptors (Lipinski definition) is 3. The zero-order valence-electron chi connectivity index (χ0n) is 12.5. The molecule has 0 bridgehead atoms. The summed E-state index contributed by atoms with van der Waals surface area (Å²) >= 11 is 6.02. The van der Waals surface area contributed by atoms with Crippen molar-refractivity contribution in [3.63, 3.8) is 0 Å². The number of benzene rings is 1. The first-order chi connectivity index (χ1) is 9.23. The zero-order chi connectivity index (χ0) is 15.5. The van der Waals surface area contributed by atoms with Crippen LogP contribution in [-0.2, 0) is 16.6 Å². The molecule has 6 heteroatoms. The molecular weight excluding hydrogens is 296 g/mol. The third-order valence-electron chi connectivity index (χ3n) is 3.19. The van der Waals surface area contributed by atoms with Gasteiger partial charge in [0.25, 0.3) is 0 Å². The van der Waals surface area contributed by atoms with E-state index in [-0.39, 0.29) is 17.4 Å². The highest BCUT2D eigenvalue weighted by Gasteiger charge is 2.26. The Labute approximate surface area is 127 Å². The Morgan fingerprint density at radius 2 is 1.95 bits per heavy atom. The van der Waals surface area contributed by atoms with E-state index in [1.54, 1.807) is 13.0 Å². The van der Waals surface area contributed by atoms with Gasteiger partial charge < -0.3 is 5.73 Å². The second-order valence-electron chi connectivity index (χ2n) is 5.24. The van der Waals surface area contributed by atoms with Crippen molar-refractivity contribution in [1.29, 1.82) is 0 Å². The van der Waals surface area contributed by atoms with Gasteiger partial charge in [0.2, 0.25) is 10.0 Å². The maximum atomic E-state index is 12.8. The molecule has 114 valence electrons. The van der Waals surface area contributed by atoms with Gasteiger partial charge in [0.15, 0.2) is 0 Å². The van der Waals surface area contributed by atoms with Crippen molar-refractivity contribution >= 4 is 21.6 Å². The number of rotatable bonds is 6. The van der Waals surface area contributed by atoms with E-state index in [0.29, 0.717) is 23.7 Å². The van der Waals surface area contributed by atoms with Gasteiger partial charge in [-0.25, -0.2) is 8.42 Å². The van der Waals surface area contributed by atoms with Crippen molar-refractivity contribution in [3.8, 4) is 0 Å². The molecule has 4 nitrogen and oxygen atoms in total. The summed E-state index contributed by atoms with van der Waals surface area (Å²) in [7, 11) is -3.54. The number of nitrogens with zero attached hydrogens (tertiary/aromatic N) is 1. The van der Waals surface area contributed by atoms with Crippen molar-refractivity contribution in [2.45, 2.75) is 39.1 Å². The molecule has 0 aromatic heterocycles. The topological polar surface area (TPSA) is 63.4 Å². The lowest BCUT2D eigenvalue weighted by molar-refractivity contribution is 0.380.